The molecular weight excluding hydrogens is 494 g/mol. The Balaban J connectivity index is 1.35. The van der Waals surface area contributed by atoms with E-state index in [2.05, 4.69) is 39.2 Å². The molecule has 9 nitrogen and oxygen atoms in total. The van der Waals surface area contributed by atoms with E-state index in [1.807, 2.05) is 60.7 Å². The molecule has 39 heavy (non-hydrogen) atoms. The molecule has 0 spiro atoms. The number of aliphatic hydroxyl groups is 1. The van der Waals surface area contributed by atoms with Crippen molar-refractivity contribution in [3.63, 3.8) is 0 Å². The molecule has 2 aromatic heterocycles. The van der Waals surface area contributed by atoms with E-state index in [1.54, 1.807) is 18.0 Å². The number of hydrogen-bond acceptors (Lipinski definition) is 8. The van der Waals surface area contributed by atoms with E-state index in [9.17, 15) is 5.11 Å². The van der Waals surface area contributed by atoms with Crippen LogP contribution in [0, 0.1) is 0 Å². The van der Waals surface area contributed by atoms with Crippen molar-refractivity contribution in [2.75, 3.05) is 19.5 Å². The summed E-state index contributed by atoms with van der Waals surface area (Å²) >= 11 is 0. The predicted octanol–water partition coefficient (Wildman–Crippen LogP) is 4.07. The van der Waals surface area contributed by atoms with Crippen LogP contribution in [0.1, 0.15) is 29.3 Å². The van der Waals surface area contributed by atoms with Gasteiger partial charge in [0.05, 0.1) is 26.1 Å². The number of nitrogens with two attached hydrogens (primary N) is 1. The molecule has 0 aliphatic carbocycles. The van der Waals surface area contributed by atoms with Gasteiger partial charge in [0.2, 0.25) is 0 Å². The lowest BCUT2D eigenvalue weighted by molar-refractivity contribution is -0.0851. The number of imidazole rings is 1. The highest BCUT2D eigenvalue weighted by atomic mass is 16.6. The Morgan fingerprint density at radius 3 is 2.21 bits per heavy atom. The van der Waals surface area contributed by atoms with E-state index < -0.39 is 17.9 Å². The van der Waals surface area contributed by atoms with Crippen LogP contribution in [0.4, 0.5) is 5.82 Å². The molecule has 0 amide bonds. The quantitative estimate of drug-likeness (QED) is 0.292. The molecule has 6 rings (SSSR count). The second-order valence-electron chi connectivity index (χ2n) is 9.49. The van der Waals surface area contributed by atoms with Gasteiger partial charge in [0.25, 0.3) is 0 Å². The standard InChI is InChI=1S/C30H29N5O4/c1-37-23-14-12-22(13-15-23)30(20-8-4-2-5-9-20,21-10-6-3-7-11-21)38-17-24-16-25(36)29(39-24)35-19-34-26-27(31)32-18-33-28(26)35/h2-15,18-19,24-25,29,36H,16-17H2,1H3,(H2,31,32,33)/t24-,25-,29+/m0/s1. The second-order valence-corrected chi connectivity index (χ2v) is 9.49. The van der Waals surface area contributed by atoms with Crippen LogP contribution >= 0.6 is 0 Å². The van der Waals surface area contributed by atoms with Crippen molar-refractivity contribution in [2.45, 2.75) is 30.5 Å². The number of nitrogen functional groups attached to an aromatic ring is 1. The van der Waals surface area contributed by atoms with Gasteiger partial charge in [-0.3, -0.25) is 4.57 Å². The molecule has 3 N–H and O–H groups in total. The zero-order chi connectivity index (χ0) is 26.8. The first-order valence-electron chi connectivity index (χ1n) is 12.8. The van der Waals surface area contributed by atoms with Crippen LogP contribution in [-0.2, 0) is 15.1 Å². The van der Waals surface area contributed by atoms with Crippen molar-refractivity contribution in [1.29, 1.82) is 0 Å². The van der Waals surface area contributed by atoms with Crippen molar-refractivity contribution in [3.8, 4) is 5.75 Å². The summed E-state index contributed by atoms with van der Waals surface area (Å²) in [6, 6.07) is 28.1. The maximum atomic E-state index is 11.0. The highest BCUT2D eigenvalue weighted by Crippen LogP contribution is 2.42. The monoisotopic (exact) mass is 523 g/mol. The zero-order valence-electron chi connectivity index (χ0n) is 21.4. The van der Waals surface area contributed by atoms with Crippen molar-refractivity contribution in [3.05, 3.63) is 114 Å². The molecule has 1 saturated heterocycles. The minimum Gasteiger partial charge on any atom is -0.497 e. The van der Waals surface area contributed by atoms with E-state index in [0.717, 1.165) is 22.4 Å². The van der Waals surface area contributed by atoms with Gasteiger partial charge in [-0.05, 0) is 28.8 Å². The maximum absolute atomic E-state index is 11.0. The predicted molar refractivity (Wildman–Crippen MR) is 146 cm³/mol. The lowest BCUT2D eigenvalue weighted by Gasteiger charge is -2.36. The summed E-state index contributed by atoms with van der Waals surface area (Å²) < 4.78 is 20.4. The highest BCUT2D eigenvalue weighted by Gasteiger charge is 2.41. The summed E-state index contributed by atoms with van der Waals surface area (Å²) in [6.07, 6.45) is 1.49. The third-order valence-corrected chi connectivity index (χ3v) is 7.17. The number of nitrogens with zero attached hydrogens (tertiary/aromatic N) is 4. The average Bonchev–Trinajstić information content (AvgIpc) is 3.58. The number of ether oxygens (including phenoxy) is 3. The SMILES string of the molecule is COc1ccc(C(OC[C@@H]2C[C@H](O)[C@H](n3cnc4c(N)ncnc43)O2)(c2ccccc2)c2ccccc2)cc1. The molecule has 9 heteroatoms. The summed E-state index contributed by atoms with van der Waals surface area (Å²) in [5.41, 5.74) is 8.91. The first kappa shape index (κ1) is 25.0. The number of aliphatic hydroxyl groups excluding tert-OH is 1. The molecule has 0 bridgehead atoms. The van der Waals surface area contributed by atoms with E-state index >= 15 is 0 Å². The molecule has 5 aromatic rings. The van der Waals surface area contributed by atoms with Crippen molar-refractivity contribution in [1.82, 2.24) is 19.5 Å². The molecule has 3 aromatic carbocycles. The van der Waals surface area contributed by atoms with Gasteiger partial charge in [0, 0.05) is 6.42 Å². The summed E-state index contributed by atoms with van der Waals surface area (Å²) in [4.78, 5) is 12.6. The largest absolute Gasteiger partial charge is 0.497 e. The van der Waals surface area contributed by atoms with Gasteiger partial charge < -0.3 is 25.1 Å². The summed E-state index contributed by atoms with van der Waals surface area (Å²) in [7, 11) is 1.65. The fourth-order valence-electron chi connectivity index (χ4n) is 5.28. The van der Waals surface area contributed by atoms with Gasteiger partial charge in [0.15, 0.2) is 17.7 Å². The van der Waals surface area contributed by atoms with Crippen LogP contribution in [0.5, 0.6) is 5.75 Å². The van der Waals surface area contributed by atoms with Gasteiger partial charge in [-0.2, -0.15) is 0 Å². The Kier molecular flexibility index (Phi) is 6.70. The number of anilines is 1. The zero-order valence-corrected chi connectivity index (χ0v) is 21.4. The van der Waals surface area contributed by atoms with Crippen LogP contribution in [-0.4, -0.2) is 50.6 Å². The second kappa shape index (κ2) is 10.5. The Labute approximate surface area is 225 Å². The Bertz CT molecular complexity index is 1500. The number of fused-ring (bicyclic) bond motifs is 1. The summed E-state index contributed by atoms with van der Waals surface area (Å²) in [5, 5.41) is 11.0. The van der Waals surface area contributed by atoms with E-state index in [4.69, 9.17) is 19.9 Å². The Hall–Kier alpha value is -4.31. The van der Waals surface area contributed by atoms with E-state index in [-0.39, 0.29) is 18.5 Å². The lowest BCUT2D eigenvalue weighted by Crippen LogP contribution is -2.35. The van der Waals surface area contributed by atoms with E-state index in [1.165, 1.54) is 6.33 Å². The Morgan fingerprint density at radius 2 is 1.56 bits per heavy atom. The van der Waals surface area contributed by atoms with E-state index in [0.29, 0.717) is 17.6 Å². The minimum absolute atomic E-state index is 0.229. The van der Waals surface area contributed by atoms with Crippen molar-refractivity contribution >= 4 is 17.0 Å². The molecule has 0 unspecified atom stereocenters. The van der Waals surface area contributed by atoms with Crippen molar-refractivity contribution < 1.29 is 19.3 Å². The molecule has 3 heterocycles. The Morgan fingerprint density at radius 1 is 0.923 bits per heavy atom. The third kappa shape index (κ3) is 4.50. The fourth-order valence-corrected chi connectivity index (χ4v) is 5.28. The average molecular weight is 524 g/mol. The van der Waals surface area contributed by atoms with Gasteiger partial charge in [0.1, 0.15) is 29.3 Å². The molecule has 1 aliphatic heterocycles. The first-order chi connectivity index (χ1) is 19.1. The van der Waals surface area contributed by atoms with Crippen LogP contribution < -0.4 is 10.5 Å². The molecule has 1 aliphatic rings. The smallest absolute Gasteiger partial charge is 0.167 e. The van der Waals surface area contributed by atoms with Crippen LogP contribution in [0.2, 0.25) is 0 Å². The number of hydrogen-bond donors (Lipinski definition) is 2. The van der Waals surface area contributed by atoms with Crippen molar-refractivity contribution in [2.24, 2.45) is 0 Å². The first-order valence-corrected chi connectivity index (χ1v) is 12.8. The molecular formula is C30H29N5O4. The fraction of sp³-hybridized carbons (Fsp3) is 0.233. The van der Waals surface area contributed by atoms with Gasteiger partial charge in [-0.1, -0.05) is 72.8 Å². The normalized spacial score (nSPS) is 19.4. The lowest BCUT2D eigenvalue weighted by atomic mass is 9.80. The molecule has 0 radical (unpaired) electrons. The number of methoxy groups -OCH3 is 1. The minimum atomic E-state index is -0.926. The van der Waals surface area contributed by atoms with Crippen LogP contribution in [0.3, 0.4) is 0 Å². The van der Waals surface area contributed by atoms with Crippen LogP contribution in [0.25, 0.3) is 11.2 Å². The van der Waals surface area contributed by atoms with Gasteiger partial charge >= 0.3 is 0 Å². The highest BCUT2D eigenvalue weighted by molar-refractivity contribution is 5.81. The number of aromatic nitrogens is 4. The summed E-state index contributed by atoms with van der Waals surface area (Å²) in [5.74, 6) is 1.04. The molecule has 198 valence electrons. The molecule has 1 fully saturated rings. The topological polar surface area (TPSA) is 118 Å². The van der Waals surface area contributed by atoms with Gasteiger partial charge in [-0.25, -0.2) is 15.0 Å². The number of benzene rings is 3. The maximum Gasteiger partial charge on any atom is 0.167 e. The molecule has 0 saturated carbocycles. The third-order valence-electron chi connectivity index (χ3n) is 7.17. The van der Waals surface area contributed by atoms with Gasteiger partial charge in [-0.15, -0.1) is 0 Å². The molecule has 3 atom stereocenters. The van der Waals surface area contributed by atoms with Crippen LogP contribution in [0.15, 0.2) is 97.6 Å². The number of rotatable bonds is 8. The summed E-state index contributed by atoms with van der Waals surface area (Å²) in [6.45, 7) is 0.229.